The summed E-state index contributed by atoms with van der Waals surface area (Å²) in [6, 6.07) is 5.30. The predicted molar refractivity (Wildman–Crippen MR) is 62.3 cm³/mol. The number of nitrogens with two attached hydrogens (primary N) is 1. The lowest BCUT2D eigenvalue weighted by Gasteiger charge is -2.08. The fourth-order valence-corrected chi connectivity index (χ4v) is 1.36. The standard InChI is InChI=1S/C10H15ClN2O2/c11-9-7-8(12)1-2-10(9)13-3-5-15-6-4-14/h1-2,7,13-14H,3-6,12H2. The van der Waals surface area contributed by atoms with Crippen LogP contribution in [-0.2, 0) is 4.74 Å². The van der Waals surface area contributed by atoms with E-state index in [1.54, 1.807) is 12.1 Å². The van der Waals surface area contributed by atoms with Crippen molar-refractivity contribution in [3.63, 3.8) is 0 Å². The number of hydrogen-bond donors (Lipinski definition) is 3. The van der Waals surface area contributed by atoms with E-state index in [1.807, 2.05) is 6.07 Å². The van der Waals surface area contributed by atoms with Crippen LogP contribution in [0.3, 0.4) is 0 Å². The van der Waals surface area contributed by atoms with Gasteiger partial charge in [0.2, 0.25) is 0 Å². The summed E-state index contributed by atoms with van der Waals surface area (Å²) in [6.45, 7) is 1.57. The lowest BCUT2D eigenvalue weighted by atomic mass is 10.3. The molecule has 0 atom stereocenters. The third-order valence-electron chi connectivity index (χ3n) is 1.79. The summed E-state index contributed by atoms with van der Waals surface area (Å²) in [4.78, 5) is 0. The van der Waals surface area contributed by atoms with Crippen LogP contribution in [-0.4, -0.2) is 31.5 Å². The van der Waals surface area contributed by atoms with Crippen molar-refractivity contribution in [1.82, 2.24) is 0 Å². The van der Waals surface area contributed by atoms with Gasteiger partial charge in [0.15, 0.2) is 0 Å². The van der Waals surface area contributed by atoms with Gasteiger partial charge in [0.05, 0.1) is 30.5 Å². The van der Waals surface area contributed by atoms with Gasteiger partial charge in [-0.2, -0.15) is 0 Å². The molecule has 0 bridgehead atoms. The van der Waals surface area contributed by atoms with E-state index in [9.17, 15) is 0 Å². The van der Waals surface area contributed by atoms with E-state index in [0.29, 0.717) is 30.5 Å². The first kappa shape index (κ1) is 12.1. The number of nitrogen functional groups attached to an aromatic ring is 1. The molecule has 0 saturated heterocycles. The third kappa shape index (κ3) is 4.38. The molecule has 0 unspecified atom stereocenters. The van der Waals surface area contributed by atoms with Crippen LogP contribution in [0.25, 0.3) is 0 Å². The summed E-state index contributed by atoms with van der Waals surface area (Å²) in [6.07, 6.45) is 0. The number of benzene rings is 1. The molecule has 0 saturated carbocycles. The molecule has 0 aliphatic rings. The maximum absolute atomic E-state index is 8.48. The van der Waals surface area contributed by atoms with Gasteiger partial charge < -0.3 is 20.9 Å². The summed E-state index contributed by atoms with van der Waals surface area (Å²) >= 11 is 5.95. The average molecular weight is 231 g/mol. The molecular weight excluding hydrogens is 216 g/mol. The van der Waals surface area contributed by atoms with Gasteiger partial charge >= 0.3 is 0 Å². The Hall–Kier alpha value is -0.970. The SMILES string of the molecule is Nc1ccc(NCCOCCO)c(Cl)c1. The molecule has 4 N–H and O–H groups in total. The van der Waals surface area contributed by atoms with Crippen LogP contribution in [0, 0.1) is 0 Å². The molecule has 15 heavy (non-hydrogen) atoms. The molecule has 0 heterocycles. The van der Waals surface area contributed by atoms with Gasteiger partial charge in [-0.15, -0.1) is 0 Å². The van der Waals surface area contributed by atoms with Crippen LogP contribution in [0.4, 0.5) is 11.4 Å². The fraction of sp³-hybridized carbons (Fsp3) is 0.400. The molecule has 0 aliphatic heterocycles. The molecule has 1 rings (SSSR count). The van der Waals surface area contributed by atoms with E-state index in [1.165, 1.54) is 0 Å². The van der Waals surface area contributed by atoms with E-state index in [0.717, 1.165) is 5.69 Å². The van der Waals surface area contributed by atoms with Crippen LogP contribution in [0.2, 0.25) is 5.02 Å². The minimum Gasteiger partial charge on any atom is -0.399 e. The zero-order valence-electron chi connectivity index (χ0n) is 8.37. The maximum atomic E-state index is 8.48. The molecular formula is C10H15ClN2O2. The Kier molecular flexibility index (Phi) is 5.25. The lowest BCUT2D eigenvalue weighted by Crippen LogP contribution is -2.11. The predicted octanol–water partition coefficient (Wildman–Crippen LogP) is 1.34. The highest BCUT2D eigenvalue weighted by atomic mass is 35.5. The van der Waals surface area contributed by atoms with Gasteiger partial charge in [-0.3, -0.25) is 0 Å². The molecule has 0 amide bonds. The Morgan fingerprint density at radius 2 is 2.20 bits per heavy atom. The quantitative estimate of drug-likeness (QED) is 0.510. The number of nitrogens with one attached hydrogen (secondary N) is 1. The van der Waals surface area contributed by atoms with Gasteiger partial charge in [0.1, 0.15) is 0 Å². The van der Waals surface area contributed by atoms with Crippen LogP contribution in [0.15, 0.2) is 18.2 Å². The van der Waals surface area contributed by atoms with Crippen LogP contribution < -0.4 is 11.1 Å². The van der Waals surface area contributed by atoms with Crippen molar-refractivity contribution >= 4 is 23.0 Å². The summed E-state index contributed by atoms with van der Waals surface area (Å²) in [7, 11) is 0. The molecule has 0 radical (unpaired) electrons. The van der Waals surface area contributed by atoms with Gasteiger partial charge in [-0.1, -0.05) is 11.6 Å². The van der Waals surface area contributed by atoms with E-state index >= 15 is 0 Å². The third-order valence-corrected chi connectivity index (χ3v) is 2.10. The van der Waals surface area contributed by atoms with E-state index in [4.69, 9.17) is 27.2 Å². The van der Waals surface area contributed by atoms with Crippen molar-refractivity contribution in [1.29, 1.82) is 0 Å². The average Bonchev–Trinajstić information content (AvgIpc) is 2.20. The van der Waals surface area contributed by atoms with Crippen LogP contribution >= 0.6 is 11.6 Å². The van der Waals surface area contributed by atoms with E-state index < -0.39 is 0 Å². The van der Waals surface area contributed by atoms with Crippen LogP contribution in [0.5, 0.6) is 0 Å². The normalized spacial score (nSPS) is 10.3. The highest BCUT2D eigenvalue weighted by Crippen LogP contribution is 2.23. The smallest absolute Gasteiger partial charge is 0.0698 e. The Bertz CT molecular complexity index is 307. The molecule has 1 aromatic rings. The van der Waals surface area contributed by atoms with Gasteiger partial charge in [-0.05, 0) is 18.2 Å². The molecule has 0 spiro atoms. The summed E-state index contributed by atoms with van der Waals surface area (Å²) in [5.74, 6) is 0. The number of halogens is 1. The van der Waals surface area contributed by atoms with E-state index in [-0.39, 0.29) is 6.61 Å². The summed E-state index contributed by atoms with van der Waals surface area (Å²) < 4.78 is 5.09. The van der Waals surface area contributed by atoms with Crippen molar-refractivity contribution in [2.75, 3.05) is 37.4 Å². The summed E-state index contributed by atoms with van der Waals surface area (Å²) in [5, 5.41) is 12.2. The van der Waals surface area contributed by atoms with Crippen molar-refractivity contribution in [3.05, 3.63) is 23.2 Å². The second-order valence-corrected chi connectivity index (χ2v) is 3.41. The Labute approximate surface area is 94.0 Å². The summed E-state index contributed by atoms with van der Waals surface area (Å²) in [5.41, 5.74) is 7.03. The zero-order chi connectivity index (χ0) is 11.1. The number of aliphatic hydroxyl groups is 1. The van der Waals surface area contributed by atoms with E-state index in [2.05, 4.69) is 5.32 Å². The first-order valence-electron chi connectivity index (χ1n) is 4.71. The second kappa shape index (κ2) is 6.50. The Balaban J connectivity index is 2.31. The molecule has 0 aliphatic carbocycles. The first-order valence-corrected chi connectivity index (χ1v) is 5.09. The van der Waals surface area contributed by atoms with Crippen molar-refractivity contribution in [2.45, 2.75) is 0 Å². The lowest BCUT2D eigenvalue weighted by molar-refractivity contribution is 0.0992. The molecule has 5 heteroatoms. The highest BCUT2D eigenvalue weighted by Gasteiger charge is 1.99. The second-order valence-electron chi connectivity index (χ2n) is 3.00. The fourth-order valence-electron chi connectivity index (χ4n) is 1.10. The number of hydrogen-bond acceptors (Lipinski definition) is 4. The van der Waals surface area contributed by atoms with Gasteiger partial charge in [-0.25, -0.2) is 0 Å². The van der Waals surface area contributed by atoms with Crippen molar-refractivity contribution in [3.8, 4) is 0 Å². The number of rotatable bonds is 6. The van der Waals surface area contributed by atoms with Crippen molar-refractivity contribution < 1.29 is 9.84 Å². The monoisotopic (exact) mass is 230 g/mol. The number of ether oxygens (including phenoxy) is 1. The van der Waals surface area contributed by atoms with Gasteiger partial charge in [0, 0.05) is 12.2 Å². The maximum Gasteiger partial charge on any atom is 0.0698 e. The molecule has 1 aromatic carbocycles. The Morgan fingerprint density at radius 3 is 2.87 bits per heavy atom. The number of aliphatic hydroxyl groups excluding tert-OH is 1. The van der Waals surface area contributed by atoms with Crippen molar-refractivity contribution in [2.24, 2.45) is 0 Å². The number of anilines is 2. The van der Waals surface area contributed by atoms with Crippen LogP contribution in [0.1, 0.15) is 0 Å². The molecule has 0 fully saturated rings. The minimum atomic E-state index is 0.0443. The first-order chi connectivity index (χ1) is 7.24. The molecule has 84 valence electrons. The topological polar surface area (TPSA) is 67.5 Å². The molecule has 4 nitrogen and oxygen atoms in total. The largest absolute Gasteiger partial charge is 0.399 e. The Morgan fingerprint density at radius 1 is 1.40 bits per heavy atom. The highest BCUT2D eigenvalue weighted by molar-refractivity contribution is 6.33. The minimum absolute atomic E-state index is 0.0443. The zero-order valence-corrected chi connectivity index (χ0v) is 9.13. The van der Waals surface area contributed by atoms with Gasteiger partial charge in [0.25, 0.3) is 0 Å². The molecule has 0 aromatic heterocycles.